The van der Waals surface area contributed by atoms with Crippen LogP contribution in [0.1, 0.15) is 9.88 Å². The average Bonchev–Trinajstić information content (AvgIpc) is 2.87. The lowest BCUT2D eigenvalue weighted by Gasteiger charge is -1.99. The van der Waals surface area contributed by atoms with Gasteiger partial charge >= 0.3 is 0 Å². The van der Waals surface area contributed by atoms with Gasteiger partial charge in [0.25, 0.3) is 0 Å². The zero-order chi connectivity index (χ0) is 14.7. The summed E-state index contributed by atoms with van der Waals surface area (Å²) in [5.41, 5.74) is 2.28. The number of aryl methyl sites for hydroxylation is 1. The van der Waals surface area contributed by atoms with E-state index in [2.05, 4.69) is 65.3 Å². The summed E-state index contributed by atoms with van der Waals surface area (Å²) in [5.74, 6) is 0.920. The molecule has 2 aromatic carbocycles. The molecule has 1 heterocycles. The summed E-state index contributed by atoms with van der Waals surface area (Å²) < 4.78 is 1.09. The molecular weight excluding hydrogens is 362 g/mol. The summed E-state index contributed by atoms with van der Waals surface area (Å²) in [6.45, 7) is 2.14. The average molecular weight is 376 g/mol. The standard InChI is InChI=1S/C17H14BrNS2/c1-12-17(13-6-5-7-14(18)10-13)19-16(21-12)11-20-15-8-3-2-4-9-15/h2-10H,11H2,1H3. The minimum absolute atomic E-state index is 0.920. The Balaban J connectivity index is 1.78. The first-order valence-electron chi connectivity index (χ1n) is 6.62. The molecule has 1 nitrogen and oxygen atoms in total. The second-order valence-corrected chi connectivity index (χ2v) is 7.88. The molecule has 0 amide bonds. The van der Waals surface area contributed by atoms with Gasteiger partial charge in [0, 0.05) is 19.8 Å². The van der Waals surface area contributed by atoms with Crippen LogP contribution in [0.3, 0.4) is 0 Å². The van der Waals surface area contributed by atoms with Crippen molar-refractivity contribution in [3.63, 3.8) is 0 Å². The molecule has 0 unspecified atom stereocenters. The summed E-state index contributed by atoms with van der Waals surface area (Å²) >= 11 is 7.14. The Morgan fingerprint density at radius 2 is 1.90 bits per heavy atom. The summed E-state index contributed by atoms with van der Waals surface area (Å²) in [6, 6.07) is 18.8. The van der Waals surface area contributed by atoms with E-state index >= 15 is 0 Å². The SMILES string of the molecule is Cc1sc(CSc2ccccc2)nc1-c1cccc(Br)c1. The zero-order valence-corrected chi connectivity index (χ0v) is 14.8. The smallest absolute Gasteiger partial charge is 0.104 e. The van der Waals surface area contributed by atoms with Gasteiger partial charge in [0.2, 0.25) is 0 Å². The predicted molar refractivity (Wildman–Crippen MR) is 96.0 cm³/mol. The molecule has 0 saturated heterocycles. The number of thioether (sulfide) groups is 1. The third kappa shape index (κ3) is 3.76. The maximum atomic E-state index is 4.81. The van der Waals surface area contributed by atoms with Gasteiger partial charge in [-0.25, -0.2) is 4.98 Å². The third-order valence-electron chi connectivity index (χ3n) is 3.04. The molecule has 3 rings (SSSR count). The van der Waals surface area contributed by atoms with Gasteiger partial charge in [-0.3, -0.25) is 0 Å². The molecule has 0 bridgehead atoms. The van der Waals surface area contributed by atoms with E-state index in [9.17, 15) is 0 Å². The fraction of sp³-hybridized carbons (Fsp3) is 0.118. The molecule has 106 valence electrons. The molecule has 1 aromatic heterocycles. The molecule has 0 saturated carbocycles. The zero-order valence-electron chi connectivity index (χ0n) is 11.5. The minimum Gasteiger partial charge on any atom is -0.240 e. The molecule has 0 atom stereocenters. The van der Waals surface area contributed by atoms with Crippen LogP contribution in [0.4, 0.5) is 0 Å². The summed E-state index contributed by atoms with van der Waals surface area (Å²) in [7, 11) is 0. The van der Waals surface area contributed by atoms with E-state index in [0.29, 0.717) is 0 Å². The Labute approximate surface area is 141 Å². The van der Waals surface area contributed by atoms with Gasteiger partial charge in [0.15, 0.2) is 0 Å². The van der Waals surface area contributed by atoms with Crippen LogP contribution >= 0.6 is 39.0 Å². The first kappa shape index (κ1) is 14.8. The first-order valence-corrected chi connectivity index (χ1v) is 9.22. The number of hydrogen-bond donors (Lipinski definition) is 0. The number of hydrogen-bond acceptors (Lipinski definition) is 3. The topological polar surface area (TPSA) is 12.9 Å². The maximum absolute atomic E-state index is 4.81. The van der Waals surface area contributed by atoms with Crippen molar-refractivity contribution in [2.75, 3.05) is 0 Å². The molecule has 0 N–H and O–H groups in total. The van der Waals surface area contributed by atoms with Crippen molar-refractivity contribution in [2.24, 2.45) is 0 Å². The highest BCUT2D eigenvalue weighted by Crippen LogP contribution is 2.32. The monoisotopic (exact) mass is 375 g/mol. The van der Waals surface area contributed by atoms with Crippen molar-refractivity contribution in [3.8, 4) is 11.3 Å². The van der Waals surface area contributed by atoms with Crippen LogP contribution in [0.25, 0.3) is 11.3 Å². The number of thiazole rings is 1. The largest absolute Gasteiger partial charge is 0.240 e. The van der Waals surface area contributed by atoms with Gasteiger partial charge in [-0.2, -0.15) is 0 Å². The van der Waals surface area contributed by atoms with Crippen LogP contribution in [-0.4, -0.2) is 4.98 Å². The van der Waals surface area contributed by atoms with Gasteiger partial charge in [0.1, 0.15) is 5.01 Å². The molecule has 0 spiro atoms. The number of rotatable bonds is 4. The molecule has 21 heavy (non-hydrogen) atoms. The van der Waals surface area contributed by atoms with Crippen molar-refractivity contribution in [3.05, 3.63) is 69.0 Å². The van der Waals surface area contributed by atoms with Crippen LogP contribution in [0, 0.1) is 6.92 Å². The lowest BCUT2D eigenvalue weighted by molar-refractivity contribution is 1.25. The van der Waals surface area contributed by atoms with Gasteiger partial charge < -0.3 is 0 Å². The Hall–Kier alpha value is -1.10. The second-order valence-electron chi connectivity index (χ2n) is 4.62. The van der Waals surface area contributed by atoms with Crippen LogP contribution in [0.2, 0.25) is 0 Å². The van der Waals surface area contributed by atoms with Gasteiger partial charge in [-0.15, -0.1) is 23.1 Å². The maximum Gasteiger partial charge on any atom is 0.104 e. The molecule has 0 aliphatic heterocycles. The van der Waals surface area contributed by atoms with E-state index in [1.807, 2.05) is 23.9 Å². The molecule has 0 fully saturated rings. The van der Waals surface area contributed by atoms with Crippen molar-refractivity contribution in [1.29, 1.82) is 0 Å². The minimum atomic E-state index is 0.920. The lowest BCUT2D eigenvalue weighted by Crippen LogP contribution is -1.83. The van der Waals surface area contributed by atoms with Crippen LogP contribution in [0.5, 0.6) is 0 Å². The summed E-state index contributed by atoms with van der Waals surface area (Å²) in [5, 5.41) is 1.18. The molecular formula is C17H14BrNS2. The number of halogens is 1. The Morgan fingerprint density at radius 1 is 1.10 bits per heavy atom. The molecule has 0 aliphatic rings. The molecule has 3 aromatic rings. The number of benzene rings is 2. The summed E-state index contributed by atoms with van der Waals surface area (Å²) in [6.07, 6.45) is 0. The van der Waals surface area contributed by atoms with Crippen molar-refractivity contribution >= 4 is 39.0 Å². The van der Waals surface area contributed by atoms with Crippen molar-refractivity contribution in [2.45, 2.75) is 17.6 Å². The second kappa shape index (κ2) is 6.77. The Morgan fingerprint density at radius 3 is 2.67 bits per heavy atom. The van der Waals surface area contributed by atoms with Gasteiger partial charge in [-0.05, 0) is 31.2 Å². The Kier molecular flexibility index (Phi) is 4.78. The molecule has 0 radical (unpaired) electrons. The highest BCUT2D eigenvalue weighted by atomic mass is 79.9. The summed E-state index contributed by atoms with van der Waals surface area (Å²) in [4.78, 5) is 7.37. The highest BCUT2D eigenvalue weighted by molar-refractivity contribution is 9.10. The first-order chi connectivity index (χ1) is 10.2. The molecule has 0 aliphatic carbocycles. The van der Waals surface area contributed by atoms with E-state index in [-0.39, 0.29) is 0 Å². The predicted octanol–water partition coefficient (Wildman–Crippen LogP) is 6.17. The Bertz CT molecular complexity index is 738. The fourth-order valence-electron chi connectivity index (χ4n) is 2.08. The highest BCUT2D eigenvalue weighted by Gasteiger charge is 2.10. The van der Waals surface area contributed by atoms with Crippen LogP contribution in [0.15, 0.2) is 64.0 Å². The van der Waals surface area contributed by atoms with E-state index in [4.69, 9.17) is 4.98 Å². The van der Waals surface area contributed by atoms with Crippen LogP contribution in [-0.2, 0) is 5.75 Å². The molecule has 4 heteroatoms. The van der Waals surface area contributed by atoms with E-state index in [0.717, 1.165) is 15.9 Å². The van der Waals surface area contributed by atoms with Gasteiger partial charge in [-0.1, -0.05) is 46.3 Å². The van der Waals surface area contributed by atoms with E-state index in [1.54, 1.807) is 11.3 Å². The van der Waals surface area contributed by atoms with Crippen molar-refractivity contribution < 1.29 is 0 Å². The number of aromatic nitrogens is 1. The van der Waals surface area contributed by atoms with E-state index < -0.39 is 0 Å². The quantitative estimate of drug-likeness (QED) is 0.505. The number of nitrogens with zero attached hydrogens (tertiary/aromatic N) is 1. The lowest BCUT2D eigenvalue weighted by atomic mass is 10.1. The van der Waals surface area contributed by atoms with E-state index in [1.165, 1.54) is 20.3 Å². The fourth-order valence-corrected chi connectivity index (χ4v) is 4.34. The third-order valence-corrected chi connectivity index (χ3v) is 5.71. The van der Waals surface area contributed by atoms with Crippen molar-refractivity contribution in [1.82, 2.24) is 4.98 Å². The van der Waals surface area contributed by atoms with Crippen LogP contribution < -0.4 is 0 Å². The van der Waals surface area contributed by atoms with Gasteiger partial charge in [0.05, 0.1) is 11.4 Å². The normalized spacial score (nSPS) is 10.8.